The highest BCUT2D eigenvalue weighted by Crippen LogP contribution is 2.63. The van der Waals surface area contributed by atoms with E-state index in [9.17, 15) is 19.5 Å². The SMILES string of the molecule is C=CCN(CCC)C(=O)[C@@H]1[C@H]2C(=O)N(CCCCCO)C(C(=O)N(CC=C)C(C)CCC)C23CC[C@@]1(C)O3. The fourth-order valence-corrected chi connectivity index (χ4v) is 7.16. The standard InChI is InChI=1S/C30H49N3O5/c1-7-14-22(5)32(19-10-4)28(37)25-30-16-15-29(6,38-30)23(26(35)31(17-8-2)18-9-3)24(30)27(36)33(25)20-12-11-13-21-34/h8,10,22-25,34H,2,4,7,9,11-21H2,1,3,5-6H3/t22?,23-,24-,25?,29+,30?/m0/s1. The number of unbranched alkanes of at least 4 members (excludes halogenated alkanes) is 2. The predicted molar refractivity (Wildman–Crippen MR) is 148 cm³/mol. The maximum Gasteiger partial charge on any atom is 0.248 e. The Labute approximate surface area is 229 Å². The topological polar surface area (TPSA) is 90.4 Å². The van der Waals surface area contributed by atoms with Crippen molar-refractivity contribution in [1.82, 2.24) is 14.7 Å². The maximum atomic E-state index is 14.4. The second-order valence-electron chi connectivity index (χ2n) is 11.5. The first-order chi connectivity index (χ1) is 18.2. The third kappa shape index (κ3) is 5.31. The lowest BCUT2D eigenvalue weighted by atomic mass is 9.66. The van der Waals surface area contributed by atoms with Crippen LogP contribution < -0.4 is 0 Å². The number of carbonyl (C=O) groups is 3. The smallest absolute Gasteiger partial charge is 0.248 e. The first-order valence-electron chi connectivity index (χ1n) is 14.6. The van der Waals surface area contributed by atoms with Crippen molar-refractivity contribution in [2.45, 2.75) is 102 Å². The fourth-order valence-electron chi connectivity index (χ4n) is 7.16. The molecule has 0 aromatic heterocycles. The zero-order valence-electron chi connectivity index (χ0n) is 24.0. The average Bonchev–Trinajstić information content (AvgIpc) is 3.45. The molecule has 8 nitrogen and oxygen atoms in total. The van der Waals surface area contributed by atoms with Crippen LogP contribution in [0, 0.1) is 11.8 Å². The molecular formula is C30H49N3O5. The molecular weight excluding hydrogens is 482 g/mol. The van der Waals surface area contributed by atoms with Gasteiger partial charge in [0.15, 0.2) is 0 Å². The van der Waals surface area contributed by atoms with Crippen LogP contribution in [0.25, 0.3) is 0 Å². The molecule has 3 saturated heterocycles. The predicted octanol–water partition coefficient (Wildman–Crippen LogP) is 3.54. The molecule has 214 valence electrons. The molecule has 3 rings (SSSR count). The molecule has 3 amide bonds. The zero-order valence-corrected chi connectivity index (χ0v) is 24.0. The van der Waals surface area contributed by atoms with Gasteiger partial charge in [0.05, 0.1) is 17.4 Å². The minimum atomic E-state index is -1.02. The van der Waals surface area contributed by atoms with Crippen molar-refractivity contribution in [3.05, 3.63) is 25.3 Å². The van der Waals surface area contributed by atoms with Gasteiger partial charge in [0.25, 0.3) is 0 Å². The summed E-state index contributed by atoms with van der Waals surface area (Å²) in [5.74, 6) is -1.65. The first kappa shape index (κ1) is 30.4. The van der Waals surface area contributed by atoms with E-state index in [0.717, 1.165) is 25.7 Å². The normalized spacial score (nSPS) is 30.3. The summed E-state index contributed by atoms with van der Waals surface area (Å²) in [6, 6.07) is -0.779. The Hall–Kier alpha value is -2.19. The van der Waals surface area contributed by atoms with Crippen LogP contribution in [0.2, 0.25) is 0 Å². The molecule has 3 unspecified atom stereocenters. The first-order valence-corrected chi connectivity index (χ1v) is 14.6. The van der Waals surface area contributed by atoms with Crippen molar-refractivity contribution in [1.29, 1.82) is 0 Å². The Kier molecular flexibility index (Phi) is 10.2. The molecule has 38 heavy (non-hydrogen) atoms. The van der Waals surface area contributed by atoms with E-state index < -0.39 is 29.1 Å². The summed E-state index contributed by atoms with van der Waals surface area (Å²) >= 11 is 0. The van der Waals surface area contributed by atoms with Crippen LogP contribution in [0.5, 0.6) is 0 Å². The Morgan fingerprint density at radius 1 is 1.13 bits per heavy atom. The van der Waals surface area contributed by atoms with Crippen LogP contribution in [0.3, 0.4) is 0 Å². The largest absolute Gasteiger partial charge is 0.396 e. The number of hydrogen-bond donors (Lipinski definition) is 1. The summed E-state index contributed by atoms with van der Waals surface area (Å²) in [5, 5.41) is 9.25. The van der Waals surface area contributed by atoms with Crippen molar-refractivity contribution < 1.29 is 24.2 Å². The summed E-state index contributed by atoms with van der Waals surface area (Å²) in [5.41, 5.74) is -1.80. The van der Waals surface area contributed by atoms with E-state index in [1.54, 1.807) is 22.0 Å². The Bertz CT molecular complexity index is 893. The maximum absolute atomic E-state index is 14.4. The lowest BCUT2D eigenvalue weighted by Crippen LogP contribution is -2.58. The number of aliphatic hydroxyl groups is 1. The van der Waals surface area contributed by atoms with Gasteiger partial charge in [-0.1, -0.05) is 32.4 Å². The molecule has 0 saturated carbocycles. The highest BCUT2D eigenvalue weighted by molar-refractivity contribution is 5.99. The van der Waals surface area contributed by atoms with Gasteiger partial charge in [-0.15, -0.1) is 13.2 Å². The number of aliphatic hydroxyl groups excluding tert-OH is 1. The molecule has 3 aliphatic heterocycles. The summed E-state index contributed by atoms with van der Waals surface area (Å²) in [7, 11) is 0. The van der Waals surface area contributed by atoms with Gasteiger partial charge in [-0.3, -0.25) is 14.4 Å². The van der Waals surface area contributed by atoms with E-state index in [1.807, 2.05) is 25.7 Å². The second-order valence-corrected chi connectivity index (χ2v) is 11.5. The van der Waals surface area contributed by atoms with E-state index in [4.69, 9.17) is 4.74 Å². The Morgan fingerprint density at radius 3 is 2.45 bits per heavy atom. The quantitative estimate of drug-likeness (QED) is 0.243. The van der Waals surface area contributed by atoms with Crippen LogP contribution in [-0.4, -0.2) is 93.6 Å². The number of ether oxygens (including phenoxy) is 1. The molecule has 1 N–H and O–H groups in total. The van der Waals surface area contributed by atoms with Gasteiger partial charge in [-0.2, -0.15) is 0 Å². The Morgan fingerprint density at radius 2 is 1.84 bits per heavy atom. The molecule has 3 fully saturated rings. The van der Waals surface area contributed by atoms with Gasteiger partial charge in [0, 0.05) is 38.8 Å². The second kappa shape index (κ2) is 12.8. The van der Waals surface area contributed by atoms with Crippen LogP contribution in [0.4, 0.5) is 0 Å². The molecule has 0 aromatic carbocycles. The summed E-state index contributed by atoms with van der Waals surface area (Å²) < 4.78 is 6.79. The molecule has 0 radical (unpaired) electrons. The minimum Gasteiger partial charge on any atom is -0.396 e. The third-order valence-electron chi connectivity index (χ3n) is 8.84. The minimum absolute atomic E-state index is 0.00783. The lowest BCUT2D eigenvalue weighted by molar-refractivity contribution is -0.154. The molecule has 6 atom stereocenters. The number of fused-ring (bicyclic) bond motifs is 1. The number of rotatable bonds is 16. The number of hydrogen-bond acceptors (Lipinski definition) is 5. The van der Waals surface area contributed by atoms with Crippen molar-refractivity contribution in [3.63, 3.8) is 0 Å². The summed E-state index contributed by atoms with van der Waals surface area (Å²) in [4.78, 5) is 48.0. The van der Waals surface area contributed by atoms with Gasteiger partial charge >= 0.3 is 0 Å². The van der Waals surface area contributed by atoms with Gasteiger partial charge in [-0.05, 0) is 58.8 Å². The monoisotopic (exact) mass is 531 g/mol. The highest BCUT2D eigenvalue weighted by Gasteiger charge is 2.78. The molecule has 2 bridgehead atoms. The zero-order chi connectivity index (χ0) is 28.1. The molecule has 0 aromatic rings. The van der Waals surface area contributed by atoms with Crippen LogP contribution in [-0.2, 0) is 19.1 Å². The van der Waals surface area contributed by atoms with E-state index in [-0.39, 0.29) is 30.4 Å². The number of carbonyl (C=O) groups excluding carboxylic acids is 3. The number of likely N-dealkylation sites (tertiary alicyclic amines) is 1. The van der Waals surface area contributed by atoms with Crippen molar-refractivity contribution in [2.24, 2.45) is 11.8 Å². The molecule has 3 heterocycles. The Balaban J connectivity index is 2.05. The van der Waals surface area contributed by atoms with Crippen molar-refractivity contribution in [3.8, 4) is 0 Å². The van der Waals surface area contributed by atoms with E-state index in [0.29, 0.717) is 51.9 Å². The number of amides is 3. The van der Waals surface area contributed by atoms with Gasteiger partial charge < -0.3 is 24.5 Å². The molecule has 3 aliphatic rings. The molecule has 0 aliphatic carbocycles. The van der Waals surface area contributed by atoms with E-state index in [2.05, 4.69) is 20.1 Å². The summed E-state index contributed by atoms with van der Waals surface area (Å²) in [6.07, 6.45) is 9.34. The van der Waals surface area contributed by atoms with Crippen molar-refractivity contribution >= 4 is 17.7 Å². The number of nitrogens with zero attached hydrogens (tertiary/aromatic N) is 3. The van der Waals surface area contributed by atoms with E-state index >= 15 is 0 Å². The van der Waals surface area contributed by atoms with Crippen LogP contribution in [0.1, 0.15) is 79.1 Å². The fraction of sp³-hybridized carbons (Fsp3) is 0.767. The van der Waals surface area contributed by atoms with Crippen molar-refractivity contribution in [2.75, 3.05) is 32.8 Å². The summed E-state index contributed by atoms with van der Waals surface area (Å²) in [6.45, 7) is 17.7. The van der Waals surface area contributed by atoms with E-state index in [1.165, 1.54) is 0 Å². The third-order valence-corrected chi connectivity index (χ3v) is 8.84. The lowest BCUT2D eigenvalue weighted by Gasteiger charge is -2.39. The van der Waals surface area contributed by atoms with Crippen LogP contribution in [0.15, 0.2) is 25.3 Å². The van der Waals surface area contributed by atoms with Gasteiger partial charge in [0.2, 0.25) is 17.7 Å². The molecule has 8 heteroatoms. The van der Waals surface area contributed by atoms with Crippen LogP contribution >= 0.6 is 0 Å². The molecule has 1 spiro atoms. The highest BCUT2D eigenvalue weighted by atomic mass is 16.5. The van der Waals surface area contributed by atoms with Gasteiger partial charge in [0.1, 0.15) is 11.6 Å². The average molecular weight is 532 g/mol. The van der Waals surface area contributed by atoms with Gasteiger partial charge in [-0.25, -0.2) is 0 Å².